The normalized spacial score (nSPS) is 11.0. The number of ether oxygens (including phenoxy) is 1. The third-order valence-corrected chi connectivity index (χ3v) is 5.57. The van der Waals surface area contributed by atoms with Gasteiger partial charge in [0.2, 0.25) is 0 Å². The van der Waals surface area contributed by atoms with Crippen molar-refractivity contribution in [2.45, 2.75) is 19.6 Å². The average Bonchev–Trinajstić information content (AvgIpc) is 3.09. The zero-order valence-electron chi connectivity index (χ0n) is 17.1. The molecule has 2 N–H and O–H groups in total. The highest BCUT2D eigenvalue weighted by Crippen LogP contribution is 2.28. The highest BCUT2D eigenvalue weighted by molar-refractivity contribution is 6.30. The van der Waals surface area contributed by atoms with Crippen LogP contribution in [-0.4, -0.2) is 22.8 Å². The van der Waals surface area contributed by atoms with Gasteiger partial charge in [0.15, 0.2) is 0 Å². The highest BCUT2D eigenvalue weighted by atomic mass is 35.5. The molecular weight excluding hydrogens is 412 g/mol. The van der Waals surface area contributed by atoms with Crippen molar-refractivity contribution in [3.63, 3.8) is 0 Å². The van der Waals surface area contributed by atoms with Crippen molar-refractivity contribution < 1.29 is 14.6 Å². The zero-order valence-corrected chi connectivity index (χ0v) is 17.9. The van der Waals surface area contributed by atoms with Crippen LogP contribution in [0.4, 0.5) is 0 Å². The monoisotopic (exact) mass is 434 g/mol. The van der Waals surface area contributed by atoms with E-state index >= 15 is 0 Å². The first-order valence-electron chi connectivity index (χ1n) is 9.98. The molecule has 0 fully saturated rings. The van der Waals surface area contributed by atoms with E-state index < -0.39 is 5.97 Å². The number of hydrogen-bond acceptors (Lipinski definition) is 3. The minimum absolute atomic E-state index is 0.304. The predicted octanol–water partition coefficient (Wildman–Crippen LogP) is 5.34. The van der Waals surface area contributed by atoms with Crippen LogP contribution in [0.2, 0.25) is 5.02 Å². The second-order valence-corrected chi connectivity index (χ2v) is 7.75. The summed E-state index contributed by atoms with van der Waals surface area (Å²) in [6.45, 7) is 1.53. The number of carboxylic acids is 1. The number of benzene rings is 3. The Morgan fingerprint density at radius 2 is 1.65 bits per heavy atom. The van der Waals surface area contributed by atoms with Crippen molar-refractivity contribution in [3.8, 4) is 5.75 Å². The van der Waals surface area contributed by atoms with Crippen molar-refractivity contribution in [1.82, 2.24) is 9.88 Å². The van der Waals surface area contributed by atoms with Gasteiger partial charge in [-0.15, -0.1) is 0 Å². The Morgan fingerprint density at radius 3 is 2.32 bits per heavy atom. The molecule has 0 amide bonds. The van der Waals surface area contributed by atoms with E-state index in [1.54, 1.807) is 7.11 Å². The Kier molecular flexibility index (Phi) is 6.26. The maximum Gasteiger partial charge on any atom is 0.352 e. The summed E-state index contributed by atoms with van der Waals surface area (Å²) in [5.74, 6) is -0.131. The van der Waals surface area contributed by atoms with E-state index in [1.165, 1.54) is 0 Å². The molecule has 0 aliphatic heterocycles. The molecule has 0 radical (unpaired) electrons. The molecule has 1 aromatic heterocycles. The SMILES string of the molecule is COc1ccc(CNCc2c(C(=O)O)n(Cc3ccc(Cl)cc3)c3ccccc23)cc1. The first-order chi connectivity index (χ1) is 15.1. The molecule has 3 aromatic carbocycles. The van der Waals surface area contributed by atoms with Gasteiger partial charge in [0.25, 0.3) is 0 Å². The largest absolute Gasteiger partial charge is 0.497 e. The summed E-state index contributed by atoms with van der Waals surface area (Å²) >= 11 is 6.00. The van der Waals surface area contributed by atoms with Crippen LogP contribution < -0.4 is 10.1 Å². The number of nitrogens with one attached hydrogen (secondary N) is 1. The number of para-hydroxylation sites is 1. The fraction of sp³-hybridized carbons (Fsp3) is 0.160. The van der Waals surface area contributed by atoms with Crippen LogP contribution in [0.5, 0.6) is 5.75 Å². The van der Waals surface area contributed by atoms with E-state index in [0.717, 1.165) is 33.3 Å². The number of hydrogen-bond donors (Lipinski definition) is 2. The molecule has 5 nitrogen and oxygen atoms in total. The number of aromatic nitrogens is 1. The second-order valence-electron chi connectivity index (χ2n) is 7.31. The van der Waals surface area contributed by atoms with Gasteiger partial charge in [-0.2, -0.15) is 0 Å². The molecule has 1 heterocycles. The maximum absolute atomic E-state index is 12.3. The fourth-order valence-corrected chi connectivity index (χ4v) is 3.94. The number of methoxy groups -OCH3 is 1. The first-order valence-corrected chi connectivity index (χ1v) is 10.4. The molecule has 31 heavy (non-hydrogen) atoms. The highest BCUT2D eigenvalue weighted by Gasteiger charge is 2.22. The van der Waals surface area contributed by atoms with E-state index in [2.05, 4.69) is 5.32 Å². The summed E-state index contributed by atoms with van der Waals surface area (Å²) in [6.07, 6.45) is 0. The predicted molar refractivity (Wildman–Crippen MR) is 123 cm³/mol. The Labute approximate surface area is 185 Å². The van der Waals surface area contributed by atoms with Crippen LogP contribution in [-0.2, 0) is 19.6 Å². The average molecular weight is 435 g/mol. The molecule has 0 aliphatic rings. The lowest BCUT2D eigenvalue weighted by Gasteiger charge is -2.10. The van der Waals surface area contributed by atoms with Crippen molar-refractivity contribution in [2.24, 2.45) is 0 Å². The quantitative estimate of drug-likeness (QED) is 0.393. The molecule has 0 saturated heterocycles. The van der Waals surface area contributed by atoms with E-state index in [0.29, 0.717) is 30.4 Å². The molecule has 158 valence electrons. The Bertz CT molecular complexity index is 1200. The number of halogens is 1. The number of aromatic carboxylic acids is 1. The van der Waals surface area contributed by atoms with Gasteiger partial charge in [-0.1, -0.05) is 54.1 Å². The van der Waals surface area contributed by atoms with E-state index in [4.69, 9.17) is 16.3 Å². The smallest absolute Gasteiger partial charge is 0.352 e. The van der Waals surface area contributed by atoms with Gasteiger partial charge in [-0.3, -0.25) is 0 Å². The summed E-state index contributed by atoms with van der Waals surface area (Å²) < 4.78 is 7.06. The summed E-state index contributed by atoms with van der Waals surface area (Å²) in [7, 11) is 1.64. The molecule has 4 rings (SSSR count). The Morgan fingerprint density at radius 1 is 0.968 bits per heavy atom. The molecule has 0 aliphatic carbocycles. The van der Waals surface area contributed by atoms with Crippen molar-refractivity contribution in [1.29, 1.82) is 0 Å². The van der Waals surface area contributed by atoms with E-state index in [-0.39, 0.29) is 0 Å². The van der Waals surface area contributed by atoms with Crippen LogP contribution in [0.1, 0.15) is 27.2 Å². The van der Waals surface area contributed by atoms with Gasteiger partial charge < -0.3 is 19.7 Å². The van der Waals surface area contributed by atoms with E-state index in [1.807, 2.05) is 77.4 Å². The molecular formula is C25H23ClN2O3. The third kappa shape index (κ3) is 4.58. The second kappa shape index (κ2) is 9.25. The topological polar surface area (TPSA) is 63.5 Å². The van der Waals surface area contributed by atoms with Crippen molar-refractivity contribution >= 4 is 28.5 Å². The van der Waals surface area contributed by atoms with Gasteiger partial charge in [0.1, 0.15) is 11.4 Å². The van der Waals surface area contributed by atoms with Gasteiger partial charge >= 0.3 is 5.97 Å². The lowest BCUT2D eigenvalue weighted by atomic mass is 10.1. The third-order valence-electron chi connectivity index (χ3n) is 5.32. The number of rotatable bonds is 8. The summed E-state index contributed by atoms with van der Waals surface area (Å²) in [5.41, 5.74) is 4.08. The number of carboxylic acid groups (broad SMARTS) is 1. The molecule has 4 aromatic rings. The summed E-state index contributed by atoms with van der Waals surface area (Å²) in [6, 6.07) is 23.1. The molecule has 0 saturated carbocycles. The fourth-order valence-electron chi connectivity index (χ4n) is 3.81. The Balaban J connectivity index is 1.64. The van der Waals surface area contributed by atoms with Crippen LogP contribution >= 0.6 is 11.6 Å². The number of nitrogens with zero attached hydrogens (tertiary/aromatic N) is 1. The molecule has 0 unspecified atom stereocenters. The molecule has 0 bridgehead atoms. The molecule has 6 heteroatoms. The maximum atomic E-state index is 12.3. The minimum atomic E-state index is -0.939. The van der Waals surface area contributed by atoms with Crippen molar-refractivity contribution in [2.75, 3.05) is 7.11 Å². The summed E-state index contributed by atoms with van der Waals surface area (Å²) in [5, 5.41) is 15.0. The Hall–Kier alpha value is -3.28. The van der Waals surface area contributed by atoms with E-state index in [9.17, 15) is 9.90 Å². The van der Waals surface area contributed by atoms with Gasteiger partial charge in [-0.25, -0.2) is 4.79 Å². The van der Waals surface area contributed by atoms with Crippen LogP contribution in [0.15, 0.2) is 72.8 Å². The van der Waals surface area contributed by atoms with Crippen molar-refractivity contribution in [3.05, 3.63) is 100 Å². The zero-order chi connectivity index (χ0) is 21.8. The standard InChI is InChI=1S/C25H23ClN2O3/c1-31-20-12-8-17(9-13-20)14-27-15-22-21-4-2-3-5-23(21)28(24(22)25(29)30)16-18-6-10-19(26)11-7-18/h2-13,27H,14-16H2,1H3,(H,29,30). The number of fused-ring (bicyclic) bond motifs is 1. The van der Waals surface area contributed by atoms with Gasteiger partial charge in [0, 0.05) is 41.1 Å². The lowest BCUT2D eigenvalue weighted by molar-refractivity contribution is 0.0685. The van der Waals surface area contributed by atoms with Crippen LogP contribution in [0.3, 0.4) is 0 Å². The van der Waals surface area contributed by atoms with Crippen LogP contribution in [0.25, 0.3) is 10.9 Å². The molecule has 0 atom stereocenters. The number of carbonyl (C=O) groups is 1. The molecule has 0 spiro atoms. The van der Waals surface area contributed by atoms with Crippen LogP contribution in [0, 0.1) is 0 Å². The van der Waals surface area contributed by atoms with Gasteiger partial charge in [-0.05, 0) is 41.5 Å². The lowest BCUT2D eigenvalue weighted by Crippen LogP contribution is -2.17. The summed E-state index contributed by atoms with van der Waals surface area (Å²) in [4.78, 5) is 12.3. The van der Waals surface area contributed by atoms with Gasteiger partial charge in [0.05, 0.1) is 7.11 Å². The minimum Gasteiger partial charge on any atom is -0.497 e. The first kappa shape index (κ1) is 21.0.